The highest BCUT2D eigenvalue weighted by molar-refractivity contribution is 7.89. The maximum atomic E-state index is 12.6. The third kappa shape index (κ3) is 3.98. The van der Waals surface area contributed by atoms with Crippen molar-refractivity contribution in [2.75, 3.05) is 14.1 Å². The van der Waals surface area contributed by atoms with E-state index in [4.69, 9.17) is 0 Å². The van der Waals surface area contributed by atoms with E-state index in [1.165, 1.54) is 30.9 Å². The Labute approximate surface area is 145 Å². The number of hydrogen-bond donors (Lipinski definition) is 1. The van der Waals surface area contributed by atoms with Gasteiger partial charge in [0.25, 0.3) is 5.91 Å². The van der Waals surface area contributed by atoms with Gasteiger partial charge < -0.3 is 5.32 Å². The highest BCUT2D eigenvalue weighted by atomic mass is 32.2. The van der Waals surface area contributed by atoms with Gasteiger partial charge in [-0.15, -0.1) is 0 Å². The summed E-state index contributed by atoms with van der Waals surface area (Å²) in [7, 11) is -0.574. The summed E-state index contributed by atoms with van der Waals surface area (Å²) >= 11 is 0. The van der Waals surface area contributed by atoms with E-state index in [1.807, 2.05) is 6.92 Å². The molecule has 0 aromatic heterocycles. The molecule has 0 radical (unpaired) electrons. The van der Waals surface area contributed by atoms with Crippen LogP contribution in [0.3, 0.4) is 0 Å². The summed E-state index contributed by atoms with van der Waals surface area (Å²) in [5.74, 6) is 0.431. The molecule has 1 fully saturated rings. The molecule has 24 heavy (non-hydrogen) atoms. The Morgan fingerprint density at radius 3 is 2.46 bits per heavy atom. The summed E-state index contributed by atoms with van der Waals surface area (Å²) in [6.07, 6.45) is 4.31. The quantitative estimate of drug-likeness (QED) is 0.906. The minimum absolute atomic E-state index is 0.178. The van der Waals surface area contributed by atoms with Gasteiger partial charge in [-0.2, -0.15) is 0 Å². The van der Waals surface area contributed by atoms with E-state index in [0.717, 1.165) is 24.8 Å². The van der Waals surface area contributed by atoms with Crippen LogP contribution in [0.25, 0.3) is 0 Å². The van der Waals surface area contributed by atoms with E-state index in [9.17, 15) is 13.2 Å². The fourth-order valence-electron chi connectivity index (χ4n) is 3.26. The smallest absolute Gasteiger partial charge is 0.251 e. The Morgan fingerprint density at radius 2 is 1.88 bits per heavy atom. The lowest BCUT2D eigenvalue weighted by Crippen LogP contribution is -2.38. The maximum absolute atomic E-state index is 12.6. The zero-order chi connectivity index (χ0) is 18.1. The van der Waals surface area contributed by atoms with Crippen LogP contribution in [0.2, 0.25) is 0 Å². The van der Waals surface area contributed by atoms with Crippen LogP contribution in [0.15, 0.2) is 17.0 Å². The van der Waals surface area contributed by atoms with Crippen molar-refractivity contribution in [3.8, 4) is 0 Å². The molecule has 1 aliphatic rings. The van der Waals surface area contributed by atoms with Gasteiger partial charge in [-0.25, -0.2) is 12.7 Å². The van der Waals surface area contributed by atoms with Crippen molar-refractivity contribution in [1.29, 1.82) is 0 Å². The van der Waals surface area contributed by atoms with E-state index < -0.39 is 10.0 Å². The van der Waals surface area contributed by atoms with Crippen molar-refractivity contribution >= 4 is 15.9 Å². The molecule has 2 unspecified atom stereocenters. The molecule has 0 aliphatic heterocycles. The summed E-state index contributed by atoms with van der Waals surface area (Å²) < 4.78 is 26.2. The first-order valence-electron chi connectivity index (χ1n) is 8.47. The van der Waals surface area contributed by atoms with Crippen LogP contribution in [-0.2, 0) is 10.0 Å². The van der Waals surface area contributed by atoms with Crippen LogP contribution in [0.1, 0.15) is 54.1 Å². The minimum atomic E-state index is -3.57. The van der Waals surface area contributed by atoms with E-state index in [0.29, 0.717) is 17.0 Å². The molecule has 1 aromatic carbocycles. The topological polar surface area (TPSA) is 66.5 Å². The SMILES string of the molecule is Cc1cc(C(=O)NC2CCCC(C)C2)cc(S(=O)(=O)N(C)C)c1C. The molecule has 6 heteroatoms. The van der Waals surface area contributed by atoms with Gasteiger partial charge in [0.1, 0.15) is 0 Å². The fourth-order valence-corrected chi connectivity index (χ4v) is 4.47. The Kier molecular flexibility index (Phi) is 5.71. The molecule has 5 nitrogen and oxygen atoms in total. The molecule has 1 saturated carbocycles. The number of carbonyl (C=O) groups excluding carboxylic acids is 1. The Balaban J connectivity index is 2.31. The van der Waals surface area contributed by atoms with Crippen LogP contribution in [0, 0.1) is 19.8 Å². The molecule has 0 bridgehead atoms. The fraction of sp³-hybridized carbons (Fsp3) is 0.611. The highest BCUT2D eigenvalue weighted by Gasteiger charge is 2.25. The molecule has 1 aliphatic carbocycles. The van der Waals surface area contributed by atoms with Gasteiger partial charge in [0.2, 0.25) is 10.0 Å². The van der Waals surface area contributed by atoms with Crippen LogP contribution in [0.4, 0.5) is 0 Å². The van der Waals surface area contributed by atoms with Gasteiger partial charge in [0.15, 0.2) is 0 Å². The summed E-state index contributed by atoms with van der Waals surface area (Å²) in [6.45, 7) is 5.82. The lowest BCUT2D eigenvalue weighted by atomic mass is 9.87. The molecule has 1 N–H and O–H groups in total. The Morgan fingerprint density at radius 1 is 1.21 bits per heavy atom. The van der Waals surface area contributed by atoms with Gasteiger partial charge in [0, 0.05) is 25.7 Å². The third-order valence-electron chi connectivity index (χ3n) is 4.91. The highest BCUT2D eigenvalue weighted by Crippen LogP contribution is 2.25. The molecule has 0 saturated heterocycles. The Hall–Kier alpha value is -1.40. The molecule has 1 amide bonds. The minimum Gasteiger partial charge on any atom is -0.349 e. The van der Waals surface area contributed by atoms with Gasteiger partial charge in [-0.3, -0.25) is 4.79 Å². The summed E-state index contributed by atoms with van der Waals surface area (Å²) in [4.78, 5) is 12.8. The van der Waals surface area contributed by atoms with Gasteiger partial charge in [-0.05, 0) is 55.9 Å². The zero-order valence-electron chi connectivity index (χ0n) is 15.2. The van der Waals surface area contributed by atoms with Crippen LogP contribution < -0.4 is 5.32 Å². The Bertz CT molecular complexity index is 726. The number of benzene rings is 1. The predicted octanol–water partition coefficient (Wildman–Crippen LogP) is 2.86. The number of rotatable bonds is 4. The molecule has 1 aromatic rings. The standard InChI is InChI=1S/C18H28N2O3S/c1-12-7-6-8-16(9-12)19-18(21)15-10-13(2)14(3)17(11-15)24(22,23)20(4)5/h10-12,16H,6-9H2,1-5H3,(H,19,21). The van der Waals surface area contributed by atoms with Gasteiger partial charge in [-0.1, -0.05) is 19.8 Å². The predicted molar refractivity (Wildman–Crippen MR) is 95.7 cm³/mol. The molecular weight excluding hydrogens is 324 g/mol. The van der Waals surface area contributed by atoms with E-state index in [1.54, 1.807) is 13.0 Å². The second-order valence-corrected chi connectivity index (χ2v) is 9.27. The van der Waals surface area contributed by atoms with Crippen LogP contribution in [0.5, 0.6) is 0 Å². The lowest BCUT2D eigenvalue weighted by Gasteiger charge is -2.27. The van der Waals surface area contributed by atoms with Crippen LogP contribution >= 0.6 is 0 Å². The number of aryl methyl sites for hydroxylation is 1. The number of nitrogens with one attached hydrogen (secondary N) is 1. The molecule has 0 spiro atoms. The van der Waals surface area contributed by atoms with Crippen molar-refractivity contribution < 1.29 is 13.2 Å². The number of sulfonamides is 1. The van der Waals surface area contributed by atoms with E-state index in [-0.39, 0.29) is 16.8 Å². The lowest BCUT2D eigenvalue weighted by molar-refractivity contribution is 0.0921. The summed E-state index contributed by atoms with van der Waals surface area (Å²) in [5.41, 5.74) is 1.91. The van der Waals surface area contributed by atoms with Crippen molar-refractivity contribution in [1.82, 2.24) is 9.62 Å². The van der Waals surface area contributed by atoms with E-state index in [2.05, 4.69) is 12.2 Å². The monoisotopic (exact) mass is 352 g/mol. The number of amides is 1. The molecule has 2 rings (SSSR count). The number of nitrogens with zero attached hydrogens (tertiary/aromatic N) is 1. The third-order valence-corrected chi connectivity index (χ3v) is 6.85. The molecule has 0 heterocycles. The van der Waals surface area contributed by atoms with Gasteiger partial charge in [0.05, 0.1) is 4.90 Å². The largest absolute Gasteiger partial charge is 0.349 e. The molecular formula is C18H28N2O3S. The first-order chi connectivity index (χ1) is 11.1. The second kappa shape index (κ2) is 7.23. The first kappa shape index (κ1) is 18.9. The number of carbonyl (C=O) groups is 1. The van der Waals surface area contributed by atoms with Crippen molar-refractivity contribution in [2.24, 2.45) is 5.92 Å². The van der Waals surface area contributed by atoms with Crippen molar-refractivity contribution in [3.05, 3.63) is 28.8 Å². The van der Waals surface area contributed by atoms with Gasteiger partial charge >= 0.3 is 0 Å². The second-order valence-electron chi connectivity index (χ2n) is 7.15. The normalized spacial score (nSPS) is 21.8. The number of hydrogen-bond acceptors (Lipinski definition) is 3. The zero-order valence-corrected chi connectivity index (χ0v) is 16.0. The first-order valence-corrected chi connectivity index (χ1v) is 9.91. The average molecular weight is 353 g/mol. The summed E-state index contributed by atoms with van der Waals surface area (Å²) in [5, 5.41) is 3.07. The summed E-state index contributed by atoms with van der Waals surface area (Å²) in [6, 6.07) is 3.45. The maximum Gasteiger partial charge on any atom is 0.251 e. The van der Waals surface area contributed by atoms with Crippen molar-refractivity contribution in [2.45, 2.75) is 57.4 Å². The average Bonchev–Trinajstić information content (AvgIpc) is 2.49. The van der Waals surface area contributed by atoms with Crippen molar-refractivity contribution in [3.63, 3.8) is 0 Å². The molecule has 134 valence electrons. The molecule has 2 atom stereocenters. The van der Waals surface area contributed by atoms with Crippen LogP contribution in [-0.4, -0.2) is 38.8 Å². The van der Waals surface area contributed by atoms with E-state index >= 15 is 0 Å².